The van der Waals surface area contributed by atoms with Crippen LogP contribution >= 0.6 is 0 Å². The molecule has 2 N–H and O–H groups in total. The molecule has 0 aliphatic heterocycles. The average molecular weight is 274 g/mol. The Hall–Kier alpha value is -0.860. The lowest BCUT2D eigenvalue weighted by molar-refractivity contribution is 0.182. The largest absolute Gasteiger partial charge is 0.323 e. The predicted molar refractivity (Wildman–Crippen MR) is 87.1 cm³/mol. The van der Waals surface area contributed by atoms with Crippen molar-refractivity contribution in [2.24, 2.45) is 5.73 Å². The fourth-order valence-corrected chi connectivity index (χ4v) is 3.85. The predicted octanol–water partition coefficient (Wildman–Crippen LogP) is 3.88. The maximum absolute atomic E-state index is 6.51. The van der Waals surface area contributed by atoms with Crippen LogP contribution in [0.15, 0.2) is 12.1 Å². The molecule has 20 heavy (non-hydrogen) atoms. The summed E-state index contributed by atoms with van der Waals surface area (Å²) in [6, 6.07) is 5.37. The van der Waals surface area contributed by atoms with E-state index in [4.69, 9.17) is 5.73 Å². The summed E-state index contributed by atoms with van der Waals surface area (Å²) >= 11 is 0. The highest BCUT2D eigenvalue weighted by Gasteiger charge is 2.21. The molecular formula is C18H30N2. The summed E-state index contributed by atoms with van der Waals surface area (Å²) in [7, 11) is 2.24. The topological polar surface area (TPSA) is 29.3 Å². The van der Waals surface area contributed by atoms with Crippen LogP contribution in [-0.2, 0) is 0 Å². The first kappa shape index (κ1) is 15.5. The highest BCUT2D eigenvalue weighted by molar-refractivity contribution is 5.39. The summed E-state index contributed by atoms with van der Waals surface area (Å²) in [5.41, 5.74) is 11.9. The summed E-state index contributed by atoms with van der Waals surface area (Å²) in [5, 5.41) is 0. The smallest absolute Gasteiger partial charge is 0.0429 e. The molecule has 2 heteroatoms. The van der Waals surface area contributed by atoms with Crippen molar-refractivity contribution in [2.75, 3.05) is 13.6 Å². The van der Waals surface area contributed by atoms with Gasteiger partial charge in [0.25, 0.3) is 0 Å². The van der Waals surface area contributed by atoms with Gasteiger partial charge in [0.05, 0.1) is 0 Å². The molecule has 1 saturated carbocycles. The molecule has 1 aromatic carbocycles. The molecular weight excluding hydrogens is 244 g/mol. The lowest BCUT2D eigenvalue weighted by Gasteiger charge is -2.33. The van der Waals surface area contributed by atoms with Crippen molar-refractivity contribution in [3.05, 3.63) is 34.4 Å². The molecule has 1 aromatic rings. The van der Waals surface area contributed by atoms with Gasteiger partial charge >= 0.3 is 0 Å². The molecule has 1 fully saturated rings. The van der Waals surface area contributed by atoms with Crippen LogP contribution in [-0.4, -0.2) is 24.5 Å². The summed E-state index contributed by atoms with van der Waals surface area (Å²) in [6.45, 7) is 7.50. The average Bonchev–Trinajstić information content (AvgIpc) is 2.38. The third kappa shape index (κ3) is 3.62. The van der Waals surface area contributed by atoms with Crippen molar-refractivity contribution >= 4 is 0 Å². The van der Waals surface area contributed by atoms with Gasteiger partial charge in [-0.2, -0.15) is 0 Å². The van der Waals surface area contributed by atoms with Crippen molar-refractivity contribution in [3.8, 4) is 0 Å². The number of nitrogens with zero attached hydrogens (tertiary/aromatic N) is 1. The minimum atomic E-state index is 0.127. The minimum absolute atomic E-state index is 0.127. The molecule has 0 heterocycles. The lowest BCUT2D eigenvalue weighted by atomic mass is 9.92. The molecule has 0 bridgehead atoms. The zero-order chi connectivity index (χ0) is 14.7. The molecule has 112 valence electrons. The van der Waals surface area contributed by atoms with E-state index >= 15 is 0 Å². The molecule has 1 aliphatic rings. The highest BCUT2D eigenvalue weighted by atomic mass is 15.1. The number of likely N-dealkylation sites (N-methyl/N-ethyl adjacent to an activating group) is 1. The van der Waals surface area contributed by atoms with E-state index in [1.165, 1.54) is 54.4 Å². The van der Waals surface area contributed by atoms with E-state index in [1.807, 2.05) is 0 Å². The molecule has 0 spiro atoms. The third-order valence-corrected chi connectivity index (χ3v) is 4.79. The molecule has 1 unspecified atom stereocenters. The normalized spacial score (nSPS) is 18.5. The Kier molecular flexibility index (Phi) is 5.22. The van der Waals surface area contributed by atoms with Crippen LogP contribution in [0.5, 0.6) is 0 Å². The highest BCUT2D eigenvalue weighted by Crippen LogP contribution is 2.26. The monoisotopic (exact) mass is 274 g/mol. The van der Waals surface area contributed by atoms with Gasteiger partial charge in [-0.3, -0.25) is 0 Å². The van der Waals surface area contributed by atoms with E-state index in [-0.39, 0.29) is 6.04 Å². The Labute approximate surface area is 124 Å². The Bertz CT molecular complexity index is 424. The van der Waals surface area contributed by atoms with Crippen LogP contribution in [0.4, 0.5) is 0 Å². The molecule has 0 aromatic heterocycles. The first-order chi connectivity index (χ1) is 9.49. The van der Waals surface area contributed by atoms with Crippen LogP contribution < -0.4 is 5.73 Å². The van der Waals surface area contributed by atoms with Crippen molar-refractivity contribution in [3.63, 3.8) is 0 Å². The maximum atomic E-state index is 6.51. The number of rotatable bonds is 4. The van der Waals surface area contributed by atoms with Gasteiger partial charge in [0.15, 0.2) is 0 Å². The van der Waals surface area contributed by atoms with Crippen LogP contribution in [0.3, 0.4) is 0 Å². The fraction of sp³-hybridized carbons (Fsp3) is 0.667. The zero-order valence-electron chi connectivity index (χ0n) is 13.6. The summed E-state index contributed by atoms with van der Waals surface area (Å²) in [4.78, 5) is 2.49. The maximum Gasteiger partial charge on any atom is 0.0429 e. The van der Waals surface area contributed by atoms with E-state index in [9.17, 15) is 0 Å². The zero-order valence-corrected chi connectivity index (χ0v) is 13.6. The fourth-order valence-electron chi connectivity index (χ4n) is 3.85. The molecule has 2 nitrogen and oxygen atoms in total. The van der Waals surface area contributed by atoms with Gasteiger partial charge < -0.3 is 10.6 Å². The van der Waals surface area contributed by atoms with E-state index in [1.54, 1.807) is 0 Å². The van der Waals surface area contributed by atoms with Gasteiger partial charge in [-0.1, -0.05) is 37.0 Å². The van der Waals surface area contributed by atoms with Crippen LogP contribution in [0.25, 0.3) is 0 Å². The molecule has 0 saturated heterocycles. The molecule has 0 radical (unpaired) electrons. The Morgan fingerprint density at radius 3 is 2.20 bits per heavy atom. The Morgan fingerprint density at radius 1 is 1.10 bits per heavy atom. The van der Waals surface area contributed by atoms with Gasteiger partial charge in [0.2, 0.25) is 0 Å². The van der Waals surface area contributed by atoms with Crippen molar-refractivity contribution in [1.82, 2.24) is 4.90 Å². The second-order valence-corrected chi connectivity index (χ2v) is 6.65. The van der Waals surface area contributed by atoms with Crippen LogP contribution in [0, 0.1) is 20.8 Å². The van der Waals surface area contributed by atoms with Crippen LogP contribution in [0.2, 0.25) is 0 Å². The Morgan fingerprint density at radius 2 is 1.65 bits per heavy atom. The van der Waals surface area contributed by atoms with Gasteiger partial charge in [0.1, 0.15) is 0 Å². The van der Waals surface area contributed by atoms with E-state index in [0.29, 0.717) is 0 Å². The third-order valence-electron chi connectivity index (χ3n) is 4.79. The second-order valence-electron chi connectivity index (χ2n) is 6.65. The van der Waals surface area contributed by atoms with E-state index < -0.39 is 0 Å². The van der Waals surface area contributed by atoms with Gasteiger partial charge in [0, 0.05) is 18.6 Å². The van der Waals surface area contributed by atoms with Crippen LogP contribution in [0.1, 0.15) is 60.4 Å². The SMILES string of the molecule is Cc1cc(C)c(C(N)CN(C)C2CCCCC2)c(C)c1. The van der Waals surface area contributed by atoms with Crippen molar-refractivity contribution in [1.29, 1.82) is 0 Å². The Balaban J connectivity index is 2.06. The number of aryl methyl sites for hydroxylation is 3. The first-order valence-electron chi connectivity index (χ1n) is 8.02. The van der Waals surface area contributed by atoms with Gasteiger partial charge in [-0.05, 0) is 57.4 Å². The quantitative estimate of drug-likeness (QED) is 0.903. The van der Waals surface area contributed by atoms with E-state index in [2.05, 4.69) is 44.9 Å². The standard InChI is InChI=1S/C18H30N2/c1-13-10-14(2)18(15(3)11-13)17(19)12-20(4)16-8-6-5-7-9-16/h10-11,16-17H,5-9,12,19H2,1-4H3. The number of hydrogen-bond acceptors (Lipinski definition) is 2. The molecule has 0 amide bonds. The number of nitrogens with two attached hydrogens (primary N) is 1. The van der Waals surface area contributed by atoms with E-state index in [0.717, 1.165) is 12.6 Å². The second kappa shape index (κ2) is 6.73. The number of benzene rings is 1. The molecule has 1 atom stereocenters. The van der Waals surface area contributed by atoms with Gasteiger partial charge in [-0.15, -0.1) is 0 Å². The summed E-state index contributed by atoms with van der Waals surface area (Å²) in [6.07, 6.45) is 6.86. The minimum Gasteiger partial charge on any atom is -0.323 e. The molecule has 1 aliphatic carbocycles. The molecule has 2 rings (SSSR count). The number of hydrogen-bond donors (Lipinski definition) is 1. The van der Waals surface area contributed by atoms with Gasteiger partial charge in [-0.25, -0.2) is 0 Å². The first-order valence-corrected chi connectivity index (χ1v) is 8.02. The van der Waals surface area contributed by atoms with Crippen molar-refractivity contribution in [2.45, 2.75) is 65.0 Å². The lowest BCUT2D eigenvalue weighted by Crippen LogP contribution is -2.38. The summed E-state index contributed by atoms with van der Waals surface area (Å²) < 4.78 is 0. The van der Waals surface area contributed by atoms with Crippen molar-refractivity contribution < 1.29 is 0 Å². The summed E-state index contributed by atoms with van der Waals surface area (Å²) in [5.74, 6) is 0.